The number of esters is 1. The van der Waals surface area contributed by atoms with E-state index in [2.05, 4.69) is 14.7 Å². The van der Waals surface area contributed by atoms with Crippen LogP contribution in [0.4, 0.5) is 0 Å². The topological polar surface area (TPSA) is 72.1 Å². The molecule has 0 aliphatic carbocycles. The number of pyridine rings is 1. The Hall–Kier alpha value is -2.40. The average Bonchev–Trinajstić information content (AvgIpc) is 2.84. The number of fused-ring (bicyclic) bond motifs is 3. The Kier molecular flexibility index (Phi) is 2.91. The number of hydrogen-bond acceptors (Lipinski definition) is 4. The van der Waals surface area contributed by atoms with Gasteiger partial charge in [0.25, 0.3) is 5.78 Å². The van der Waals surface area contributed by atoms with E-state index >= 15 is 0 Å². The molecule has 0 saturated carbocycles. The molecule has 0 aliphatic heterocycles. The van der Waals surface area contributed by atoms with Crippen molar-refractivity contribution in [3.8, 4) is 0 Å². The summed E-state index contributed by atoms with van der Waals surface area (Å²) in [5.41, 5.74) is 1.68. The molecular weight excluding hydrogens is 280 g/mol. The Morgan fingerprint density at radius 1 is 1.30 bits per heavy atom. The number of ketones is 1. The van der Waals surface area contributed by atoms with Gasteiger partial charge in [-0.3, -0.25) is 4.79 Å². The molecule has 0 unspecified atom stereocenters. The molecule has 5 nitrogen and oxygen atoms in total. The maximum absolute atomic E-state index is 11.8. The Bertz CT molecular complexity index is 854. The number of aromatic amines is 1. The molecule has 3 rings (SSSR count). The lowest BCUT2D eigenvalue weighted by molar-refractivity contribution is -0.135. The molecule has 0 aliphatic rings. The van der Waals surface area contributed by atoms with Crippen LogP contribution in [0.15, 0.2) is 30.5 Å². The first kappa shape index (κ1) is 12.6. The number of nitrogens with zero attached hydrogens (tertiary/aromatic N) is 1. The van der Waals surface area contributed by atoms with E-state index in [1.54, 1.807) is 30.5 Å². The van der Waals surface area contributed by atoms with Crippen molar-refractivity contribution in [1.29, 1.82) is 0 Å². The number of benzene rings is 1. The van der Waals surface area contributed by atoms with Crippen molar-refractivity contribution < 1.29 is 14.3 Å². The number of rotatable bonds is 2. The van der Waals surface area contributed by atoms with Gasteiger partial charge in [0.15, 0.2) is 0 Å². The van der Waals surface area contributed by atoms with E-state index in [0.29, 0.717) is 10.7 Å². The maximum Gasteiger partial charge on any atom is 0.379 e. The lowest BCUT2D eigenvalue weighted by atomic mass is 10.1. The normalized spacial score (nSPS) is 10.9. The quantitative estimate of drug-likeness (QED) is 0.447. The summed E-state index contributed by atoms with van der Waals surface area (Å²) in [7, 11) is 1.17. The van der Waals surface area contributed by atoms with E-state index in [4.69, 9.17) is 11.6 Å². The van der Waals surface area contributed by atoms with Gasteiger partial charge in [-0.15, -0.1) is 0 Å². The molecule has 0 atom stereocenters. The molecule has 6 heteroatoms. The van der Waals surface area contributed by atoms with Gasteiger partial charge in [0.05, 0.1) is 12.1 Å². The van der Waals surface area contributed by atoms with Gasteiger partial charge in [0.2, 0.25) is 0 Å². The third kappa shape index (κ3) is 1.83. The fraction of sp³-hybridized carbons (Fsp3) is 0.0714. The SMILES string of the molecule is COC(=O)C(=O)c1ccc2[nH]c3nccc(Cl)c3c2c1. The van der Waals surface area contributed by atoms with Crippen molar-refractivity contribution in [2.24, 2.45) is 0 Å². The Morgan fingerprint density at radius 3 is 2.85 bits per heavy atom. The van der Waals surface area contributed by atoms with Crippen LogP contribution >= 0.6 is 11.6 Å². The minimum absolute atomic E-state index is 0.255. The molecule has 3 aromatic rings. The fourth-order valence-electron chi connectivity index (χ4n) is 2.13. The molecule has 2 heterocycles. The maximum atomic E-state index is 11.8. The van der Waals surface area contributed by atoms with Gasteiger partial charge in [-0.1, -0.05) is 11.6 Å². The molecular formula is C14H9ClN2O3. The summed E-state index contributed by atoms with van der Waals surface area (Å²) in [6.07, 6.45) is 1.60. The van der Waals surface area contributed by atoms with Gasteiger partial charge in [0.1, 0.15) is 5.65 Å². The Labute approximate surface area is 118 Å². The molecule has 2 aromatic heterocycles. The third-order valence-electron chi connectivity index (χ3n) is 3.08. The van der Waals surface area contributed by atoms with E-state index in [0.717, 1.165) is 16.3 Å². The summed E-state index contributed by atoms with van der Waals surface area (Å²) < 4.78 is 4.44. The van der Waals surface area contributed by atoms with Crippen LogP contribution in [0.2, 0.25) is 5.02 Å². The van der Waals surface area contributed by atoms with Crippen LogP contribution in [0.25, 0.3) is 21.9 Å². The van der Waals surface area contributed by atoms with Crippen LogP contribution in [-0.2, 0) is 9.53 Å². The molecule has 0 bridgehead atoms. The molecule has 0 saturated heterocycles. The summed E-state index contributed by atoms with van der Waals surface area (Å²) >= 11 is 6.16. The number of carbonyl (C=O) groups is 2. The highest BCUT2D eigenvalue weighted by atomic mass is 35.5. The predicted octanol–water partition coefficient (Wildman–Crippen LogP) is 2.73. The molecule has 1 N–H and O–H groups in total. The van der Waals surface area contributed by atoms with E-state index in [-0.39, 0.29) is 5.56 Å². The number of ether oxygens (including phenoxy) is 1. The zero-order valence-corrected chi connectivity index (χ0v) is 11.2. The van der Waals surface area contributed by atoms with Crippen molar-refractivity contribution in [1.82, 2.24) is 9.97 Å². The van der Waals surface area contributed by atoms with Crippen LogP contribution in [0.3, 0.4) is 0 Å². The minimum atomic E-state index is -0.895. The van der Waals surface area contributed by atoms with Gasteiger partial charge < -0.3 is 9.72 Å². The largest absolute Gasteiger partial charge is 0.463 e. The van der Waals surface area contributed by atoms with Gasteiger partial charge >= 0.3 is 5.97 Å². The number of nitrogens with one attached hydrogen (secondary N) is 1. The fourth-order valence-corrected chi connectivity index (χ4v) is 2.38. The van der Waals surface area contributed by atoms with Crippen molar-refractivity contribution in [3.63, 3.8) is 0 Å². The first-order valence-electron chi connectivity index (χ1n) is 5.80. The van der Waals surface area contributed by atoms with E-state index in [1.165, 1.54) is 7.11 Å². The standard InChI is InChI=1S/C14H9ClN2O3/c1-20-14(19)12(18)7-2-3-10-8(6-7)11-9(15)4-5-16-13(11)17-10/h2-6H,1H3,(H,16,17). The van der Waals surface area contributed by atoms with Gasteiger partial charge in [0, 0.05) is 28.0 Å². The Morgan fingerprint density at radius 2 is 2.10 bits per heavy atom. The minimum Gasteiger partial charge on any atom is -0.463 e. The van der Waals surface area contributed by atoms with Crippen molar-refractivity contribution in [3.05, 3.63) is 41.0 Å². The van der Waals surface area contributed by atoms with E-state index in [9.17, 15) is 9.59 Å². The molecule has 100 valence electrons. The third-order valence-corrected chi connectivity index (χ3v) is 3.39. The van der Waals surface area contributed by atoms with Crippen LogP contribution < -0.4 is 0 Å². The molecule has 20 heavy (non-hydrogen) atoms. The first-order valence-corrected chi connectivity index (χ1v) is 6.18. The van der Waals surface area contributed by atoms with E-state index in [1.807, 2.05) is 0 Å². The molecule has 0 radical (unpaired) electrons. The number of aromatic nitrogens is 2. The highest BCUT2D eigenvalue weighted by molar-refractivity contribution is 6.41. The van der Waals surface area contributed by atoms with Crippen LogP contribution in [-0.4, -0.2) is 28.8 Å². The second-order valence-corrected chi connectivity index (χ2v) is 4.63. The van der Waals surface area contributed by atoms with Crippen LogP contribution in [0, 0.1) is 0 Å². The Balaban J connectivity index is 2.27. The van der Waals surface area contributed by atoms with Crippen molar-refractivity contribution in [2.45, 2.75) is 0 Å². The number of H-pyrrole nitrogens is 1. The van der Waals surface area contributed by atoms with Gasteiger partial charge in [-0.05, 0) is 24.3 Å². The summed E-state index contributed by atoms with van der Waals surface area (Å²) in [6, 6.07) is 6.56. The lowest BCUT2D eigenvalue weighted by Crippen LogP contribution is -2.15. The number of methoxy groups -OCH3 is 1. The number of carbonyl (C=O) groups excluding carboxylic acids is 2. The highest BCUT2D eigenvalue weighted by Crippen LogP contribution is 2.30. The highest BCUT2D eigenvalue weighted by Gasteiger charge is 2.18. The van der Waals surface area contributed by atoms with Crippen LogP contribution in [0.1, 0.15) is 10.4 Å². The number of halogens is 1. The molecule has 1 aromatic carbocycles. The monoisotopic (exact) mass is 288 g/mol. The lowest BCUT2D eigenvalue weighted by Gasteiger charge is -2.00. The summed E-state index contributed by atoms with van der Waals surface area (Å²) in [4.78, 5) is 30.4. The molecule has 0 amide bonds. The zero-order valence-electron chi connectivity index (χ0n) is 10.4. The number of Topliss-reactive ketones (excluding diaryl/α,β-unsaturated/α-hetero) is 1. The summed E-state index contributed by atoms with van der Waals surface area (Å²) in [5, 5.41) is 2.00. The van der Waals surface area contributed by atoms with Gasteiger partial charge in [-0.25, -0.2) is 9.78 Å². The zero-order chi connectivity index (χ0) is 14.3. The first-order chi connectivity index (χ1) is 9.61. The van der Waals surface area contributed by atoms with E-state index < -0.39 is 11.8 Å². The smallest absolute Gasteiger partial charge is 0.379 e. The second-order valence-electron chi connectivity index (χ2n) is 4.22. The predicted molar refractivity (Wildman–Crippen MR) is 75.0 cm³/mol. The molecule has 0 fully saturated rings. The average molecular weight is 289 g/mol. The summed E-state index contributed by atoms with van der Waals surface area (Å²) in [5.74, 6) is -1.59. The van der Waals surface area contributed by atoms with Crippen molar-refractivity contribution in [2.75, 3.05) is 7.11 Å². The second kappa shape index (κ2) is 4.61. The molecule has 0 spiro atoms. The summed E-state index contributed by atoms with van der Waals surface area (Å²) in [6.45, 7) is 0. The van der Waals surface area contributed by atoms with Crippen LogP contribution in [0.5, 0.6) is 0 Å². The van der Waals surface area contributed by atoms with Crippen molar-refractivity contribution >= 4 is 45.3 Å². The van der Waals surface area contributed by atoms with Gasteiger partial charge in [-0.2, -0.15) is 0 Å². The number of hydrogen-bond donors (Lipinski definition) is 1.